The lowest BCUT2D eigenvalue weighted by molar-refractivity contribution is 0.626. The molecule has 0 bridgehead atoms. The number of benzene rings is 3. The molecule has 0 fully saturated rings. The third-order valence-electron chi connectivity index (χ3n) is 3.48. The number of rotatable bonds is 5. The van der Waals surface area contributed by atoms with Gasteiger partial charge in [0.05, 0.1) is 11.4 Å². The van der Waals surface area contributed by atoms with E-state index in [9.17, 15) is 8.78 Å². The number of hydrogen-bond donors (Lipinski definition) is 0. The Balaban J connectivity index is 1.90. The highest BCUT2D eigenvalue weighted by Crippen LogP contribution is 2.22. The summed E-state index contributed by atoms with van der Waals surface area (Å²) in [5, 5.41) is 2.45. The Morgan fingerprint density at radius 2 is 1.58 bits per heavy atom. The highest BCUT2D eigenvalue weighted by Gasteiger charge is 2.04. The lowest BCUT2D eigenvalue weighted by atomic mass is 10.1. The maximum atomic E-state index is 14.0. The predicted molar refractivity (Wildman–Crippen MR) is 105 cm³/mol. The minimum absolute atomic E-state index is 0.258. The molecule has 5 heteroatoms. The smallest absolute Gasteiger partial charge is 0.148 e. The van der Waals surface area contributed by atoms with Gasteiger partial charge in [0, 0.05) is 15.5 Å². The molecule has 130 valence electrons. The van der Waals surface area contributed by atoms with Gasteiger partial charge in [0.1, 0.15) is 11.6 Å². The average molecular weight is 386 g/mol. The summed E-state index contributed by atoms with van der Waals surface area (Å²) in [6, 6.07) is 19.7. The zero-order valence-electron chi connectivity index (χ0n) is 13.6. The van der Waals surface area contributed by atoms with Gasteiger partial charge in [0.25, 0.3) is 0 Å². The van der Waals surface area contributed by atoms with Crippen LogP contribution in [-0.4, -0.2) is 5.71 Å². The molecule has 0 aromatic heterocycles. The fourth-order valence-corrected chi connectivity index (χ4v) is 2.95. The number of thioether (sulfide) groups is 1. The van der Waals surface area contributed by atoms with E-state index in [1.807, 2.05) is 17.5 Å². The summed E-state index contributed by atoms with van der Waals surface area (Å²) < 4.78 is 26.9. The monoisotopic (exact) mass is 385 g/mol. The fourth-order valence-electron chi connectivity index (χ4n) is 2.18. The first-order valence-electron chi connectivity index (χ1n) is 7.80. The Morgan fingerprint density at radius 3 is 2.27 bits per heavy atom. The zero-order chi connectivity index (χ0) is 18.4. The van der Waals surface area contributed by atoms with Crippen molar-refractivity contribution in [3.63, 3.8) is 0 Å². The van der Waals surface area contributed by atoms with Crippen molar-refractivity contribution in [2.75, 3.05) is 0 Å². The lowest BCUT2D eigenvalue weighted by Gasteiger charge is -2.04. The quantitative estimate of drug-likeness (QED) is 0.338. The number of hydrogen-bond acceptors (Lipinski definition) is 2. The Hall–Kier alpha value is -2.43. The van der Waals surface area contributed by atoms with Crippen molar-refractivity contribution in [3.8, 4) is 0 Å². The van der Waals surface area contributed by atoms with Crippen LogP contribution in [0.25, 0.3) is 0 Å². The van der Waals surface area contributed by atoms with Crippen LogP contribution >= 0.6 is 23.4 Å². The van der Waals surface area contributed by atoms with Crippen molar-refractivity contribution < 1.29 is 8.78 Å². The van der Waals surface area contributed by atoms with E-state index in [1.54, 1.807) is 48.5 Å². The van der Waals surface area contributed by atoms with Crippen molar-refractivity contribution >= 4 is 34.8 Å². The molecule has 0 heterocycles. The average Bonchev–Trinajstić information content (AvgIpc) is 2.65. The van der Waals surface area contributed by atoms with Crippen molar-refractivity contribution in [2.24, 2.45) is 4.99 Å². The van der Waals surface area contributed by atoms with Crippen LogP contribution in [0.1, 0.15) is 5.56 Å². The standard InChI is InChI=1S/C21H14ClF2NS/c22-16-7-5-15(6-8-16)20(25-21-4-2-1-3-19(21)24)13-14-26-18-11-9-17(23)10-12-18/h1-14H/b14-13+,25-20?. The zero-order valence-corrected chi connectivity index (χ0v) is 15.1. The Labute approximate surface area is 160 Å². The van der Waals surface area contributed by atoms with Gasteiger partial charge in [-0.1, -0.05) is 47.6 Å². The van der Waals surface area contributed by atoms with Crippen LogP contribution in [0.4, 0.5) is 14.5 Å². The van der Waals surface area contributed by atoms with Gasteiger partial charge in [-0.2, -0.15) is 0 Å². The fraction of sp³-hybridized carbons (Fsp3) is 0. The van der Waals surface area contributed by atoms with E-state index < -0.39 is 5.82 Å². The number of nitrogens with zero attached hydrogens (tertiary/aromatic N) is 1. The molecular formula is C21H14ClF2NS. The van der Waals surface area contributed by atoms with E-state index >= 15 is 0 Å². The first kappa shape index (κ1) is 18.4. The Bertz CT molecular complexity index is 935. The maximum Gasteiger partial charge on any atom is 0.148 e. The molecule has 0 aliphatic heterocycles. The second-order valence-corrected chi connectivity index (χ2v) is 6.75. The minimum Gasteiger partial charge on any atom is -0.245 e. The highest BCUT2D eigenvalue weighted by molar-refractivity contribution is 8.02. The molecule has 0 unspecified atom stereocenters. The normalized spacial score (nSPS) is 11.9. The van der Waals surface area contributed by atoms with Crippen molar-refractivity contribution in [1.29, 1.82) is 0 Å². The molecule has 1 nitrogen and oxygen atoms in total. The van der Waals surface area contributed by atoms with E-state index in [2.05, 4.69) is 4.99 Å². The molecule has 0 saturated carbocycles. The topological polar surface area (TPSA) is 12.4 Å². The van der Waals surface area contributed by atoms with Gasteiger partial charge in [0.15, 0.2) is 0 Å². The van der Waals surface area contributed by atoms with Gasteiger partial charge in [-0.05, 0) is 60.0 Å². The summed E-state index contributed by atoms with van der Waals surface area (Å²) in [6.45, 7) is 0. The van der Waals surface area contributed by atoms with Crippen molar-refractivity contribution in [3.05, 3.63) is 107 Å². The Morgan fingerprint density at radius 1 is 0.885 bits per heavy atom. The van der Waals surface area contributed by atoms with Crippen LogP contribution in [-0.2, 0) is 0 Å². The molecule has 0 amide bonds. The second-order valence-electron chi connectivity index (χ2n) is 5.33. The summed E-state index contributed by atoms with van der Waals surface area (Å²) >= 11 is 7.37. The van der Waals surface area contributed by atoms with Crippen LogP contribution in [0.2, 0.25) is 5.02 Å². The summed E-state index contributed by atoms with van der Waals surface area (Å²) in [5.74, 6) is -0.667. The predicted octanol–water partition coefficient (Wildman–Crippen LogP) is 7.05. The molecule has 3 rings (SSSR count). The molecular weight excluding hydrogens is 372 g/mol. The van der Waals surface area contributed by atoms with Crippen molar-refractivity contribution in [1.82, 2.24) is 0 Å². The summed E-state index contributed by atoms with van der Waals surface area (Å²) in [5.41, 5.74) is 1.67. The summed E-state index contributed by atoms with van der Waals surface area (Å²) in [4.78, 5) is 5.33. The number of halogens is 3. The summed E-state index contributed by atoms with van der Waals surface area (Å²) in [7, 11) is 0. The first-order chi connectivity index (χ1) is 12.6. The molecule has 0 radical (unpaired) electrons. The van der Waals surface area contributed by atoms with Crippen LogP contribution < -0.4 is 0 Å². The second kappa shape index (κ2) is 8.79. The number of aliphatic imine (C=N–C) groups is 1. The first-order valence-corrected chi connectivity index (χ1v) is 9.05. The molecule has 3 aromatic rings. The molecule has 26 heavy (non-hydrogen) atoms. The van der Waals surface area contributed by atoms with Crippen LogP contribution in [0, 0.1) is 11.6 Å². The molecule has 0 atom stereocenters. The van der Waals surface area contributed by atoms with Gasteiger partial charge < -0.3 is 0 Å². The van der Waals surface area contributed by atoms with E-state index in [0.717, 1.165) is 10.5 Å². The molecule has 0 aliphatic rings. The van der Waals surface area contributed by atoms with Gasteiger partial charge in [-0.15, -0.1) is 0 Å². The lowest BCUT2D eigenvalue weighted by Crippen LogP contribution is -1.96. The molecule has 0 aliphatic carbocycles. The van der Waals surface area contributed by atoms with Gasteiger partial charge in [-0.25, -0.2) is 13.8 Å². The number of para-hydroxylation sites is 1. The van der Waals surface area contributed by atoms with E-state index in [0.29, 0.717) is 10.7 Å². The third kappa shape index (κ3) is 5.04. The minimum atomic E-state index is -0.390. The van der Waals surface area contributed by atoms with Crippen molar-refractivity contribution in [2.45, 2.75) is 4.90 Å². The van der Waals surface area contributed by atoms with Gasteiger partial charge in [-0.3, -0.25) is 0 Å². The Kier molecular flexibility index (Phi) is 6.21. The molecule has 3 aromatic carbocycles. The molecule has 0 N–H and O–H groups in total. The third-order valence-corrected chi connectivity index (χ3v) is 4.55. The van der Waals surface area contributed by atoms with E-state index in [4.69, 9.17) is 11.6 Å². The van der Waals surface area contributed by atoms with Crippen LogP contribution in [0.15, 0.2) is 94.2 Å². The SMILES string of the molecule is Fc1ccc(S/C=C/C(=Nc2ccccc2F)c2ccc(Cl)cc2)cc1. The van der Waals surface area contributed by atoms with Crippen LogP contribution in [0.3, 0.4) is 0 Å². The largest absolute Gasteiger partial charge is 0.245 e. The van der Waals surface area contributed by atoms with E-state index in [-0.39, 0.29) is 11.5 Å². The highest BCUT2D eigenvalue weighted by atomic mass is 35.5. The van der Waals surface area contributed by atoms with E-state index in [1.165, 1.54) is 30.0 Å². The maximum absolute atomic E-state index is 14.0. The van der Waals surface area contributed by atoms with Gasteiger partial charge >= 0.3 is 0 Å². The van der Waals surface area contributed by atoms with Gasteiger partial charge in [0.2, 0.25) is 0 Å². The van der Waals surface area contributed by atoms with Crippen LogP contribution in [0.5, 0.6) is 0 Å². The molecule has 0 spiro atoms. The summed E-state index contributed by atoms with van der Waals surface area (Å²) in [6.07, 6.45) is 1.80. The molecule has 0 saturated heterocycles. The number of allylic oxidation sites excluding steroid dienone is 1.